The highest BCUT2D eigenvalue weighted by Crippen LogP contribution is 2.16. The largest absolute Gasteiger partial charge is 0.409 e. The van der Waals surface area contributed by atoms with E-state index in [0.29, 0.717) is 6.42 Å². The Morgan fingerprint density at radius 2 is 2.10 bits per heavy atom. The zero-order valence-corrected chi connectivity index (χ0v) is 11.7. The molecular weight excluding hydrogens is 258 g/mol. The molecule has 2 atom stereocenters. The molecule has 1 aromatic rings. The number of amides is 1. The molecule has 6 nitrogen and oxygen atoms in total. The predicted molar refractivity (Wildman–Crippen MR) is 76.4 cm³/mol. The molecule has 0 aromatic heterocycles. The lowest BCUT2D eigenvalue weighted by atomic mass is 10.1. The van der Waals surface area contributed by atoms with Crippen LogP contribution in [0, 0.1) is 0 Å². The molecule has 0 radical (unpaired) electrons. The minimum absolute atomic E-state index is 0.0110. The number of benzene rings is 1. The maximum atomic E-state index is 12.3. The van der Waals surface area contributed by atoms with Crippen LogP contribution in [-0.2, 0) is 9.53 Å². The van der Waals surface area contributed by atoms with Crippen molar-refractivity contribution in [1.82, 2.24) is 5.32 Å². The third-order valence-corrected chi connectivity index (χ3v) is 2.94. The third kappa shape index (κ3) is 4.24. The first-order valence-corrected chi connectivity index (χ1v) is 6.49. The highest BCUT2D eigenvalue weighted by Gasteiger charge is 2.24. The number of ether oxygens (including phenoxy) is 1. The quantitative estimate of drug-likeness (QED) is 0.304. The number of methoxy groups -OCH3 is 1. The fraction of sp³-hybridized carbons (Fsp3) is 0.429. The van der Waals surface area contributed by atoms with Gasteiger partial charge in [0.1, 0.15) is 0 Å². The number of amidine groups is 1. The van der Waals surface area contributed by atoms with Crippen LogP contribution >= 0.6 is 0 Å². The van der Waals surface area contributed by atoms with Crippen LogP contribution in [0.2, 0.25) is 0 Å². The summed E-state index contributed by atoms with van der Waals surface area (Å²) in [5, 5.41) is 14.4. The third-order valence-electron chi connectivity index (χ3n) is 2.94. The average Bonchev–Trinajstić information content (AvgIpc) is 2.48. The Bertz CT molecular complexity index is 448. The molecular formula is C14H21N3O3. The normalized spacial score (nSPS) is 14.6. The summed E-state index contributed by atoms with van der Waals surface area (Å²) in [7, 11) is 1.47. The van der Waals surface area contributed by atoms with E-state index in [2.05, 4.69) is 10.5 Å². The second-order valence-electron chi connectivity index (χ2n) is 4.40. The van der Waals surface area contributed by atoms with E-state index in [4.69, 9.17) is 15.7 Å². The van der Waals surface area contributed by atoms with Crippen molar-refractivity contribution in [3.8, 4) is 0 Å². The van der Waals surface area contributed by atoms with Gasteiger partial charge in [-0.05, 0) is 12.0 Å². The molecule has 0 fully saturated rings. The Hall–Kier alpha value is -2.08. The molecule has 0 saturated carbocycles. The molecule has 2 unspecified atom stereocenters. The lowest BCUT2D eigenvalue weighted by molar-refractivity contribution is -0.131. The zero-order chi connectivity index (χ0) is 15.0. The first-order valence-electron chi connectivity index (χ1n) is 6.49. The lowest BCUT2D eigenvalue weighted by Crippen LogP contribution is -2.46. The monoisotopic (exact) mass is 279 g/mol. The summed E-state index contributed by atoms with van der Waals surface area (Å²) in [4.78, 5) is 12.3. The van der Waals surface area contributed by atoms with Crippen LogP contribution in [0.5, 0.6) is 0 Å². The van der Waals surface area contributed by atoms with E-state index in [1.807, 2.05) is 37.3 Å². The van der Waals surface area contributed by atoms with Gasteiger partial charge >= 0.3 is 0 Å². The van der Waals surface area contributed by atoms with Gasteiger partial charge < -0.3 is 21.0 Å². The summed E-state index contributed by atoms with van der Waals surface area (Å²) in [6, 6.07) is 8.66. The molecule has 0 bridgehead atoms. The van der Waals surface area contributed by atoms with Crippen molar-refractivity contribution < 1.29 is 14.7 Å². The number of nitrogens with zero attached hydrogens (tertiary/aromatic N) is 1. The molecule has 0 aliphatic carbocycles. The van der Waals surface area contributed by atoms with E-state index < -0.39 is 12.1 Å². The van der Waals surface area contributed by atoms with Crippen LogP contribution < -0.4 is 11.1 Å². The van der Waals surface area contributed by atoms with Gasteiger partial charge in [0, 0.05) is 7.11 Å². The van der Waals surface area contributed by atoms with Crippen molar-refractivity contribution in [2.45, 2.75) is 31.9 Å². The van der Waals surface area contributed by atoms with E-state index >= 15 is 0 Å². The first-order chi connectivity index (χ1) is 9.63. The van der Waals surface area contributed by atoms with Crippen LogP contribution in [0.3, 0.4) is 0 Å². The lowest BCUT2D eigenvalue weighted by Gasteiger charge is -2.21. The van der Waals surface area contributed by atoms with Crippen molar-refractivity contribution in [3.05, 3.63) is 35.9 Å². The molecule has 0 spiro atoms. The molecule has 0 heterocycles. The molecule has 6 heteroatoms. The highest BCUT2D eigenvalue weighted by molar-refractivity contribution is 5.91. The molecule has 0 aliphatic rings. The van der Waals surface area contributed by atoms with Gasteiger partial charge in [-0.1, -0.05) is 48.8 Å². The maximum Gasteiger partial charge on any atom is 0.254 e. The molecule has 1 amide bonds. The van der Waals surface area contributed by atoms with Gasteiger partial charge in [-0.15, -0.1) is 0 Å². The topological polar surface area (TPSA) is 96.9 Å². The number of carbonyl (C=O) groups is 1. The molecule has 110 valence electrons. The molecule has 0 saturated heterocycles. The first kappa shape index (κ1) is 16.0. The number of carbonyl (C=O) groups excluding carboxylic acids is 1. The minimum atomic E-state index is -0.720. The van der Waals surface area contributed by atoms with Crippen molar-refractivity contribution in [2.75, 3.05) is 7.11 Å². The van der Waals surface area contributed by atoms with Gasteiger partial charge in [-0.25, -0.2) is 0 Å². The van der Waals surface area contributed by atoms with E-state index in [9.17, 15) is 4.79 Å². The van der Waals surface area contributed by atoms with Crippen LogP contribution in [0.15, 0.2) is 35.5 Å². The van der Waals surface area contributed by atoms with Crippen molar-refractivity contribution in [2.24, 2.45) is 10.9 Å². The zero-order valence-electron chi connectivity index (χ0n) is 11.7. The number of nitrogens with one attached hydrogen (secondary N) is 1. The second-order valence-corrected chi connectivity index (χ2v) is 4.40. The van der Waals surface area contributed by atoms with Crippen molar-refractivity contribution in [3.63, 3.8) is 0 Å². The summed E-state index contributed by atoms with van der Waals surface area (Å²) >= 11 is 0. The Balaban J connectivity index is 2.81. The van der Waals surface area contributed by atoms with Crippen molar-refractivity contribution >= 4 is 11.7 Å². The fourth-order valence-electron chi connectivity index (χ4n) is 1.92. The SMILES string of the molecule is CCCC(NC(=O)C(OC)c1ccccc1)C(N)=NO. The number of rotatable bonds is 7. The number of hydrogen-bond acceptors (Lipinski definition) is 4. The van der Waals surface area contributed by atoms with Gasteiger partial charge in [-0.3, -0.25) is 4.79 Å². The van der Waals surface area contributed by atoms with Gasteiger partial charge in [-0.2, -0.15) is 0 Å². The van der Waals surface area contributed by atoms with E-state index in [1.165, 1.54) is 7.11 Å². The number of nitrogens with two attached hydrogens (primary N) is 1. The molecule has 1 rings (SSSR count). The second kappa shape index (κ2) is 8.16. The number of hydrogen-bond donors (Lipinski definition) is 3. The van der Waals surface area contributed by atoms with Gasteiger partial charge in [0.2, 0.25) is 0 Å². The molecule has 20 heavy (non-hydrogen) atoms. The summed E-state index contributed by atoms with van der Waals surface area (Å²) in [5.41, 5.74) is 6.33. The average molecular weight is 279 g/mol. The van der Waals surface area contributed by atoms with E-state index in [-0.39, 0.29) is 11.7 Å². The summed E-state index contributed by atoms with van der Waals surface area (Å²) in [6.45, 7) is 1.95. The standard InChI is InChI=1S/C14H21N3O3/c1-3-7-11(13(15)17-19)16-14(18)12(20-2)10-8-5-4-6-9-10/h4-6,8-9,11-12,19H,3,7H2,1-2H3,(H2,15,17)(H,16,18). The van der Waals surface area contributed by atoms with E-state index in [0.717, 1.165) is 12.0 Å². The molecule has 4 N–H and O–H groups in total. The predicted octanol–water partition coefficient (Wildman–Crippen LogP) is 1.41. The maximum absolute atomic E-state index is 12.3. The molecule has 0 aliphatic heterocycles. The Kier molecular flexibility index (Phi) is 6.52. The highest BCUT2D eigenvalue weighted by atomic mass is 16.5. The fourth-order valence-corrected chi connectivity index (χ4v) is 1.92. The van der Waals surface area contributed by atoms with Crippen LogP contribution in [0.4, 0.5) is 0 Å². The minimum Gasteiger partial charge on any atom is -0.409 e. The van der Waals surface area contributed by atoms with Crippen LogP contribution in [-0.4, -0.2) is 30.1 Å². The van der Waals surface area contributed by atoms with Gasteiger partial charge in [0.25, 0.3) is 5.91 Å². The Labute approximate surface area is 118 Å². The number of oxime groups is 1. The van der Waals surface area contributed by atoms with Crippen LogP contribution in [0.1, 0.15) is 31.4 Å². The molecule has 1 aromatic carbocycles. The van der Waals surface area contributed by atoms with Crippen molar-refractivity contribution in [1.29, 1.82) is 0 Å². The Morgan fingerprint density at radius 1 is 1.45 bits per heavy atom. The van der Waals surface area contributed by atoms with Crippen LogP contribution in [0.25, 0.3) is 0 Å². The summed E-state index contributed by atoms with van der Waals surface area (Å²) in [6.07, 6.45) is 0.666. The van der Waals surface area contributed by atoms with Gasteiger partial charge in [0.15, 0.2) is 11.9 Å². The summed E-state index contributed by atoms with van der Waals surface area (Å²) in [5.74, 6) is -0.327. The van der Waals surface area contributed by atoms with E-state index in [1.54, 1.807) is 0 Å². The smallest absolute Gasteiger partial charge is 0.254 e. The summed E-state index contributed by atoms with van der Waals surface area (Å²) < 4.78 is 5.24. The Morgan fingerprint density at radius 3 is 2.60 bits per heavy atom. The van der Waals surface area contributed by atoms with Gasteiger partial charge in [0.05, 0.1) is 6.04 Å².